The minimum absolute atomic E-state index is 0.112. The molecular formula is C16H22O3. The van der Waals surface area contributed by atoms with Gasteiger partial charge < -0.3 is 4.74 Å². The van der Waals surface area contributed by atoms with E-state index in [1.54, 1.807) is 6.08 Å². The normalized spacial score (nSPS) is 12.2. The maximum Gasteiger partial charge on any atom is 0.268 e. The van der Waals surface area contributed by atoms with Gasteiger partial charge in [-0.2, -0.15) is 0 Å². The molecule has 0 amide bonds. The molecule has 0 bridgehead atoms. The Morgan fingerprint density at radius 3 is 2.42 bits per heavy atom. The van der Waals surface area contributed by atoms with E-state index in [9.17, 15) is 9.59 Å². The molecule has 1 rings (SSSR count). The zero-order valence-corrected chi connectivity index (χ0v) is 12.2. The summed E-state index contributed by atoms with van der Waals surface area (Å²) in [6.45, 7) is 11.6. The highest BCUT2D eigenvalue weighted by Crippen LogP contribution is 2.22. The molecule has 0 aromatic heterocycles. The first-order chi connectivity index (χ1) is 8.88. The van der Waals surface area contributed by atoms with Crippen LogP contribution < -0.4 is 15.6 Å². The molecule has 0 radical (unpaired) electrons. The molecule has 0 aliphatic heterocycles. The molecule has 0 N–H and O–H groups in total. The first kappa shape index (κ1) is 15.4. The van der Waals surface area contributed by atoms with E-state index >= 15 is 0 Å². The molecule has 0 aliphatic rings. The zero-order chi connectivity index (χ0) is 14.6. The number of hydrogen-bond acceptors (Lipinski definition) is 3. The van der Waals surface area contributed by atoms with Crippen LogP contribution in [-0.4, -0.2) is 6.10 Å². The van der Waals surface area contributed by atoms with Gasteiger partial charge in [0.15, 0.2) is 5.75 Å². The number of unbranched alkanes of at least 4 members (excludes halogenated alkanes) is 1. The fourth-order valence-electron chi connectivity index (χ4n) is 1.82. The maximum atomic E-state index is 11.6. The van der Waals surface area contributed by atoms with Crippen LogP contribution in [0.4, 0.5) is 0 Å². The van der Waals surface area contributed by atoms with Gasteiger partial charge in [0.25, 0.3) is 5.43 Å². The Morgan fingerprint density at radius 1 is 1.32 bits per heavy atom. The van der Waals surface area contributed by atoms with Crippen molar-refractivity contribution in [3.63, 3.8) is 0 Å². The van der Waals surface area contributed by atoms with Gasteiger partial charge in [0.1, 0.15) is 0 Å². The molecule has 3 nitrogen and oxygen atoms in total. The topological polar surface area (TPSA) is 43.4 Å². The SMILES string of the molecule is C=C(C)/C(=C\c1c(OC(C)C)c(=O)c1=O)CCCC. The third-order valence-electron chi connectivity index (χ3n) is 2.92. The van der Waals surface area contributed by atoms with Crippen LogP contribution in [0.1, 0.15) is 52.5 Å². The predicted octanol–water partition coefficient (Wildman–Crippen LogP) is 3.22. The molecule has 0 heterocycles. The van der Waals surface area contributed by atoms with Crippen molar-refractivity contribution in [1.29, 1.82) is 0 Å². The summed E-state index contributed by atoms with van der Waals surface area (Å²) in [4.78, 5) is 23.1. The minimum atomic E-state index is -0.517. The largest absolute Gasteiger partial charge is 0.486 e. The van der Waals surface area contributed by atoms with Crippen molar-refractivity contribution in [2.24, 2.45) is 0 Å². The first-order valence-electron chi connectivity index (χ1n) is 6.74. The second-order valence-corrected chi connectivity index (χ2v) is 5.12. The number of hydrogen-bond donors (Lipinski definition) is 0. The molecule has 0 atom stereocenters. The van der Waals surface area contributed by atoms with E-state index in [2.05, 4.69) is 13.5 Å². The van der Waals surface area contributed by atoms with E-state index < -0.39 is 10.9 Å². The number of ether oxygens (including phenoxy) is 1. The molecule has 3 heteroatoms. The zero-order valence-electron chi connectivity index (χ0n) is 12.2. The van der Waals surface area contributed by atoms with Crippen LogP contribution in [0.15, 0.2) is 27.3 Å². The van der Waals surface area contributed by atoms with Crippen LogP contribution in [0.3, 0.4) is 0 Å². The van der Waals surface area contributed by atoms with Crippen LogP contribution in [0.25, 0.3) is 6.08 Å². The highest BCUT2D eigenvalue weighted by atomic mass is 16.5. The Hall–Kier alpha value is -1.64. The Balaban J connectivity index is 3.08. The number of allylic oxidation sites excluding steroid dienone is 2. The van der Waals surface area contributed by atoms with Crippen molar-refractivity contribution < 1.29 is 4.74 Å². The summed E-state index contributed by atoms with van der Waals surface area (Å²) in [7, 11) is 0. The Morgan fingerprint density at radius 2 is 1.95 bits per heavy atom. The summed E-state index contributed by atoms with van der Waals surface area (Å²) in [6.07, 6.45) is 4.63. The predicted molar refractivity (Wildman–Crippen MR) is 79.4 cm³/mol. The van der Waals surface area contributed by atoms with Crippen molar-refractivity contribution in [1.82, 2.24) is 0 Å². The van der Waals surface area contributed by atoms with Crippen LogP contribution in [0, 0.1) is 0 Å². The molecule has 104 valence electrons. The van der Waals surface area contributed by atoms with E-state index in [4.69, 9.17) is 4.74 Å². The average molecular weight is 262 g/mol. The lowest BCUT2D eigenvalue weighted by Gasteiger charge is -2.14. The summed E-state index contributed by atoms with van der Waals surface area (Å²) >= 11 is 0. The van der Waals surface area contributed by atoms with Gasteiger partial charge in [-0.15, -0.1) is 0 Å². The molecule has 0 fully saturated rings. The highest BCUT2D eigenvalue weighted by Gasteiger charge is 2.22. The molecule has 0 aliphatic carbocycles. The monoisotopic (exact) mass is 262 g/mol. The van der Waals surface area contributed by atoms with E-state index in [0.29, 0.717) is 5.56 Å². The van der Waals surface area contributed by atoms with Gasteiger partial charge in [-0.1, -0.05) is 25.5 Å². The summed E-state index contributed by atoms with van der Waals surface area (Å²) in [6, 6.07) is 0. The second kappa shape index (κ2) is 6.50. The van der Waals surface area contributed by atoms with Gasteiger partial charge in [-0.3, -0.25) is 9.59 Å². The van der Waals surface area contributed by atoms with E-state index in [-0.39, 0.29) is 11.9 Å². The summed E-state index contributed by atoms with van der Waals surface area (Å²) in [5, 5.41) is 0. The molecule has 1 aromatic carbocycles. The molecule has 0 saturated heterocycles. The van der Waals surface area contributed by atoms with Crippen molar-refractivity contribution in [3.8, 4) is 5.75 Å². The molecule has 0 spiro atoms. The second-order valence-electron chi connectivity index (χ2n) is 5.12. The van der Waals surface area contributed by atoms with Crippen LogP contribution in [0.5, 0.6) is 5.75 Å². The van der Waals surface area contributed by atoms with Gasteiger partial charge in [0.05, 0.1) is 11.7 Å². The highest BCUT2D eigenvalue weighted by molar-refractivity contribution is 5.66. The Kier molecular flexibility index (Phi) is 5.28. The summed E-state index contributed by atoms with van der Waals surface area (Å²) in [5.41, 5.74) is 1.37. The average Bonchev–Trinajstić information content (AvgIpc) is 2.35. The standard InChI is InChI=1S/C16H22O3/c1-6-7-8-12(10(2)3)9-13-14(17)15(18)16(13)19-11(4)5/h9,11H,2,6-8H2,1,3-5H3/b12-9-. The van der Waals surface area contributed by atoms with Gasteiger partial charge in [-0.05, 0) is 45.3 Å². The summed E-state index contributed by atoms with van der Waals surface area (Å²) in [5.74, 6) is 0.204. The van der Waals surface area contributed by atoms with E-state index in [1.165, 1.54) is 0 Å². The molecular weight excluding hydrogens is 240 g/mol. The maximum absolute atomic E-state index is 11.6. The van der Waals surface area contributed by atoms with Crippen molar-refractivity contribution >= 4 is 6.08 Å². The van der Waals surface area contributed by atoms with Crippen molar-refractivity contribution in [2.75, 3.05) is 0 Å². The number of rotatable bonds is 7. The molecule has 0 unspecified atom stereocenters. The van der Waals surface area contributed by atoms with Gasteiger partial charge in [-0.25, -0.2) is 0 Å². The molecule has 19 heavy (non-hydrogen) atoms. The van der Waals surface area contributed by atoms with Crippen LogP contribution >= 0.6 is 0 Å². The van der Waals surface area contributed by atoms with E-state index in [1.807, 2.05) is 20.8 Å². The fourth-order valence-corrected chi connectivity index (χ4v) is 1.82. The van der Waals surface area contributed by atoms with Crippen LogP contribution in [-0.2, 0) is 0 Å². The van der Waals surface area contributed by atoms with Gasteiger partial charge in [0.2, 0.25) is 5.43 Å². The van der Waals surface area contributed by atoms with Crippen molar-refractivity contribution in [2.45, 2.75) is 53.1 Å². The van der Waals surface area contributed by atoms with Gasteiger partial charge in [0, 0.05) is 0 Å². The lowest BCUT2D eigenvalue weighted by molar-refractivity contribution is 0.236. The van der Waals surface area contributed by atoms with Gasteiger partial charge >= 0.3 is 0 Å². The van der Waals surface area contributed by atoms with Crippen molar-refractivity contribution in [3.05, 3.63) is 43.7 Å². The fraction of sp³-hybridized carbons (Fsp3) is 0.500. The van der Waals surface area contributed by atoms with E-state index in [0.717, 1.165) is 30.4 Å². The third kappa shape index (κ3) is 3.66. The quantitative estimate of drug-likeness (QED) is 0.559. The lowest BCUT2D eigenvalue weighted by atomic mass is 9.97. The Labute approximate surface area is 114 Å². The summed E-state index contributed by atoms with van der Waals surface area (Å²) < 4.78 is 5.40. The minimum Gasteiger partial charge on any atom is -0.486 e. The molecule has 0 saturated carbocycles. The lowest BCUT2D eigenvalue weighted by Crippen LogP contribution is -2.36. The van der Waals surface area contributed by atoms with Crippen LogP contribution in [0.2, 0.25) is 0 Å². The smallest absolute Gasteiger partial charge is 0.268 e. The third-order valence-corrected chi connectivity index (χ3v) is 2.92. The first-order valence-corrected chi connectivity index (χ1v) is 6.74. The molecule has 1 aromatic rings. The Bertz CT molecular complexity index is 555.